The summed E-state index contributed by atoms with van der Waals surface area (Å²) < 4.78 is 7.04. The van der Waals surface area contributed by atoms with Crippen LogP contribution < -0.4 is 15.0 Å². The first-order valence-electron chi connectivity index (χ1n) is 10.1. The second kappa shape index (κ2) is 7.35. The Labute approximate surface area is 168 Å². The van der Waals surface area contributed by atoms with Gasteiger partial charge in [0.15, 0.2) is 11.5 Å². The molecule has 1 aliphatic heterocycles. The van der Waals surface area contributed by atoms with Crippen molar-refractivity contribution in [3.05, 3.63) is 47.8 Å². The van der Waals surface area contributed by atoms with Crippen molar-refractivity contribution < 1.29 is 9.53 Å². The average Bonchev–Trinajstić information content (AvgIpc) is 3.53. The molecule has 3 heterocycles. The first-order chi connectivity index (χ1) is 14.2. The molecular weight excluding hydrogens is 368 g/mol. The van der Waals surface area contributed by atoms with E-state index in [1.807, 2.05) is 16.6 Å². The van der Waals surface area contributed by atoms with Gasteiger partial charge in [0, 0.05) is 30.6 Å². The van der Waals surface area contributed by atoms with Gasteiger partial charge in [-0.15, -0.1) is 15.3 Å². The van der Waals surface area contributed by atoms with Crippen molar-refractivity contribution in [1.29, 1.82) is 0 Å². The van der Waals surface area contributed by atoms with Crippen LogP contribution in [0.1, 0.15) is 47.8 Å². The fourth-order valence-corrected chi connectivity index (χ4v) is 3.82. The molecule has 2 aliphatic rings. The maximum atomic E-state index is 12.5. The molecule has 8 heteroatoms. The molecule has 1 aliphatic carbocycles. The molecule has 3 aromatic rings. The van der Waals surface area contributed by atoms with Gasteiger partial charge in [0.25, 0.3) is 5.91 Å². The topological polar surface area (TPSA) is 84.6 Å². The molecule has 0 radical (unpaired) electrons. The van der Waals surface area contributed by atoms with Crippen molar-refractivity contribution in [3.8, 4) is 5.75 Å². The molecule has 150 valence electrons. The standard InChI is InChI=1S/C21H24N6O2/c1-29-17-6-4-15(5-7-17)21(28)22-16-10-12-26(13-11-16)19-9-8-18-23-24-20(14-2-3-14)27(18)25-19/h4-9,14,16H,2-3,10-13H2,1H3,(H,22,28). The minimum Gasteiger partial charge on any atom is -0.497 e. The summed E-state index contributed by atoms with van der Waals surface area (Å²) in [5.41, 5.74) is 1.46. The molecule has 8 nitrogen and oxygen atoms in total. The Morgan fingerprint density at radius 1 is 1.03 bits per heavy atom. The smallest absolute Gasteiger partial charge is 0.251 e. The quantitative estimate of drug-likeness (QED) is 0.718. The second-order valence-electron chi connectivity index (χ2n) is 7.76. The van der Waals surface area contributed by atoms with Crippen molar-refractivity contribution in [2.75, 3.05) is 25.1 Å². The first kappa shape index (κ1) is 17.9. The number of nitrogens with one attached hydrogen (secondary N) is 1. The van der Waals surface area contributed by atoms with E-state index in [9.17, 15) is 4.79 Å². The molecule has 0 spiro atoms. The predicted octanol–water partition coefficient (Wildman–Crippen LogP) is 2.41. The molecule has 0 bridgehead atoms. The molecule has 5 rings (SSSR count). The van der Waals surface area contributed by atoms with E-state index in [1.54, 1.807) is 31.4 Å². The summed E-state index contributed by atoms with van der Waals surface area (Å²) in [4.78, 5) is 14.8. The Morgan fingerprint density at radius 3 is 2.48 bits per heavy atom. The predicted molar refractivity (Wildman–Crippen MR) is 108 cm³/mol. The molecule has 29 heavy (non-hydrogen) atoms. The molecular formula is C21H24N6O2. The Morgan fingerprint density at radius 2 is 1.79 bits per heavy atom. The van der Waals surface area contributed by atoms with Gasteiger partial charge >= 0.3 is 0 Å². The number of nitrogens with zero attached hydrogens (tertiary/aromatic N) is 5. The molecule has 0 atom stereocenters. The second-order valence-corrected chi connectivity index (χ2v) is 7.76. The molecule has 0 unspecified atom stereocenters. The van der Waals surface area contributed by atoms with Crippen LogP contribution in [-0.4, -0.2) is 52.0 Å². The van der Waals surface area contributed by atoms with Gasteiger partial charge in [0.05, 0.1) is 7.11 Å². The number of anilines is 1. The highest BCUT2D eigenvalue weighted by Gasteiger charge is 2.30. The number of benzene rings is 1. The van der Waals surface area contributed by atoms with Crippen LogP contribution in [0.5, 0.6) is 5.75 Å². The minimum atomic E-state index is -0.0378. The Bertz CT molecular complexity index is 1020. The third-order valence-corrected chi connectivity index (χ3v) is 5.72. The molecule has 1 amide bonds. The largest absolute Gasteiger partial charge is 0.497 e. The number of hydrogen-bond acceptors (Lipinski definition) is 6. The highest BCUT2D eigenvalue weighted by Crippen LogP contribution is 2.38. The fraction of sp³-hybridized carbons (Fsp3) is 0.429. The molecule has 1 aromatic carbocycles. The third kappa shape index (κ3) is 3.62. The van der Waals surface area contributed by atoms with Gasteiger partial charge in [-0.2, -0.15) is 4.52 Å². The van der Waals surface area contributed by atoms with Crippen LogP contribution in [0.2, 0.25) is 0 Å². The Hall–Kier alpha value is -3.16. The number of rotatable bonds is 5. The van der Waals surface area contributed by atoms with Crippen LogP contribution in [-0.2, 0) is 0 Å². The Kier molecular flexibility index (Phi) is 4.54. The number of hydrogen-bond donors (Lipinski definition) is 1. The first-order valence-corrected chi connectivity index (χ1v) is 10.1. The van der Waals surface area contributed by atoms with Crippen molar-refractivity contribution >= 4 is 17.4 Å². The van der Waals surface area contributed by atoms with Crippen LogP contribution in [0.4, 0.5) is 5.82 Å². The maximum absolute atomic E-state index is 12.5. The lowest BCUT2D eigenvalue weighted by molar-refractivity contribution is 0.0931. The van der Waals surface area contributed by atoms with Gasteiger partial charge in [-0.05, 0) is 62.1 Å². The van der Waals surface area contributed by atoms with E-state index in [2.05, 4.69) is 20.4 Å². The van der Waals surface area contributed by atoms with E-state index in [-0.39, 0.29) is 11.9 Å². The average molecular weight is 392 g/mol. The number of piperidine rings is 1. The minimum absolute atomic E-state index is 0.0378. The zero-order valence-corrected chi connectivity index (χ0v) is 16.4. The van der Waals surface area contributed by atoms with Gasteiger partial charge < -0.3 is 15.0 Å². The van der Waals surface area contributed by atoms with Gasteiger partial charge in [-0.1, -0.05) is 0 Å². The number of ether oxygens (including phenoxy) is 1. The van der Waals surface area contributed by atoms with Crippen LogP contribution in [0, 0.1) is 0 Å². The van der Waals surface area contributed by atoms with E-state index < -0.39 is 0 Å². The number of fused-ring (bicyclic) bond motifs is 1. The van der Waals surface area contributed by atoms with Crippen LogP contribution >= 0.6 is 0 Å². The molecule has 1 N–H and O–H groups in total. The van der Waals surface area contributed by atoms with Gasteiger partial charge in [0.1, 0.15) is 11.6 Å². The zero-order valence-electron chi connectivity index (χ0n) is 16.4. The fourth-order valence-electron chi connectivity index (χ4n) is 3.82. The van der Waals surface area contributed by atoms with Gasteiger partial charge in [-0.3, -0.25) is 4.79 Å². The van der Waals surface area contributed by atoms with Crippen molar-refractivity contribution in [3.63, 3.8) is 0 Å². The van der Waals surface area contributed by atoms with Gasteiger partial charge in [0.2, 0.25) is 0 Å². The SMILES string of the molecule is COc1ccc(C(=O)NC2CCN(c3ccc4nnc(C5CC5)n4n3)CC2)cc1. The van der Waals surface area contributed by atoms with Crippen molar-refractivity contribution in [1.82, 2.24) is 25.1 Å². The number of carbonyl (C=O) groups is 1. The lowest BCUT2D eigenvalue weighted by Gasteiger charge is -2.33. The van der Waals surface area contributed by atoms with E-state index in [1.165, 1.54) is 12.8 Å². The summed E-state index contributed by atoms with van der Waals surface area (Å²) in [6, 6.07) is 11.4. The molecule has 2 fully saturated rings. The number of aromatic nitrogens is 4. The van der Waals surface area contributed by atoms with Crippen molar-refractivity contribution in [2.45, 2.75) is 37.6 Å². The summed E-state index contributed by atoms with van der Waals surface area (Å²) in [6.07, 6.45) is 4.12. The lowest BCUT2D eigenvalue weighted by Crippen LogP contribution is -2.45. The van der Waals surface area contributed by atoms with E-state index in [0.29, 0.717) is 11.5 Å². The summed E-state index contributed by atoms with van der Waals surface area (Å²) in [5.74, 6) is 3.13. The number of carbonyl (C=O) groups excluding carboxylic acids is 1. The van der Waals surface area contributed by atoms with E-state index >= 15 is 0 Å². The number of methoxy groups -OCH3 is 1. The normalized spacial score (nSPS) is 17.5. The van der Waals surface area contributed by atoms with E-state index in [0.717, 1.165) is 49.0 Å². The van der Waals surface area contributed by atoms with Gasteiger partial charge in [-0.25, -0.2) is 0 Å². The van der Waals surface area contributed by atoms with Crippen molar-refractivity contribution in [2.24, 2.45) is 0 Å². The zero-order chi connectivity index (χ0) is 19.8. The number of amides is 1. The summed E-state index contributed by atoms with van der Waals surface area (Å²) in [5, 5.41) is 16.5. The Balaban J connectivity index is 1.21. The molecule has 1 saturated carbocycles. The highest BCUT2D eigenvalue weighted by molar-refractivity contribution is 5.94. The monoisotopic (exact) mass is 392 g/mol. The third-order valence-electron chi connectivity index (χ3n) is 5.72. The maximum Gasteiger partial charge on any atom is 0.251 e. The molecule has 2 aromatic heterocycles. The summed E-state index contributed by atoms with van der Waals surface area (Å²) in [7, 11) is 1.62. The highest BCUT2D eigenvalue weighted by atomic mass is 16.5. The summed E-state index contributed by atoms with van der Waals surface area (Å²) >= 11 is 0. The van der Waals surface area contributed by atoms with Crippen LogP contribution in [0.3, 0.4) is 0 Å². The summed E-state index contributed by atoms with van der Waals surface area (Å²) in [6.45, 7) is 1.71. The molecule has 1 saturated heterocycles. The van der Waals surface area contributed by atoms with Crippen LogP contribution in [0.15, 0.2) is 36.4 Å². The van der Waals surface area contributed by atoms with Crippen LogP contribution in [0.25, 0.3) is 5.65 Å². The lowest BCUT2D eigenvalue weighted by atomic mass is 10.0. The van der Waals surface area contributed by atoms with E-state index in [4.69, 9.17) is 9.84 Å².